The van der Waals surface area contributed by atoms with Crippen LogP contribution in [0.1, 0.15) is 84.5 Å². The molecule has 0 radical (unpaired) electrons. The van der Waals surface area contributed by atoms with Crippen molar-refractivity contribution in [3.8, 4) is 0 Å². The Morgan fingerprint density at radius 2 is 1.60 bits per heavy atom. The number of nitrogens with zero attached hydrogens (tertiary/aromatic N) is 1. The fraction of sp³-hybridized carbons (Fsp3) is 0.889. The average Bonchev–Trinajstić information content (AvgIpc) is 2.46. The highest BCUT2D eigenvalue weighted by Gasteiger charge is 2.29. The Hall–Kier alpha value is -0.395. The van der Waals surface area contributed by atoms with E-state index in [2.05, 4.69) is 24.7 Å². The summed E-state index contributed by atoms with van der Waals surface area (Å²) in [4.78, 5) is 2.89. The van der Waals surface area contributed by atoms with Gasteiger partial charge in [0, 0.05) is 6.04 Å². The lowest BCUT2D eigenvalue weighted by Crippen LogP contribution is -2.46. The van der Waals surface area contributed by atoms with Crippen LogP contribution in [0.5, 0.6) is 0 Å². The van der Waals surface area contributed by atoms with E-state index < -0.39 is 0 Å². The van der Waals surface area contributed by atoms with Crippen LogP contribution in [0.4, 0.5) is 0 Å². The third-order valence-electron chi connectivity index (χ3n) is 5.40. The summed E-state index contributed by atoms with van der Waals surface area (Å²) < 4.78 is 0. The molecule has 0 N–H and O–H groups in total. The zero-order valence-corrected chi connectivity index (χ0v) is 13.9. The van der Waals surface area contributed by atoms with Crippen molar-refractivity contribution in [1.29, 1.82) is 0 Å². The van der Waals surface area contributed by atoms with E-state index in [1.807, 2.05) is 0 Å². The smallest absolute Gasteiger partial charge is 0.253 e. The third kappa shape index (κ3) is 4.30. The second kappa shape index (κ2) is 8.80. The summed E-state index contributed by atoms with van der Waals surface area (Å²) in [6, 6.07) is 0.847. The van der Waals surface area contributed by atoms with E-state index in [0.717, 1.165) is 12.9 Å². The maximum Gasteiger partial charge on any atom is 0.253 e. The standard InChI is InChI=1S/C18H34BN/c1-3-19(4-2)20(18-15-11-8-12-16-18)17-13-9-6-5-7-10-14-17/h13,18H,3-12,14-16H2,1-2H3/b17-13+. The van der Waals surface area contributed by atoms with Crippen molar-refractivity contribution in [3.05, 3.63) is 11.8 Å². The lowest BCUT2D eigenvalue weighted by Gasteiger charge is -2.42. The molecule has 2 aliphatic carbocycles. The Morgan fingerprint density at radius 1 is 0.950 bits per heavy atom. The Morgan fingerprint density at radius 3 is 2.30 bits per heavy atom. The molecule has 114 valence electrons. The fourth-order valence-corrected chi connectivity index (χ4v) is 4.22. The molecule has 0 spiro atoms. The number of hydrogen-bond donors (Lipinski definition) is 0. The Bertz CT molecular complexity index is 290. The van der Waals surface area contributed by atoms with Crippen molar-refractivity contribution in [2.45, 2.75) is 103 Å². The van der Waals surface area contributed by atoms with E-state index in [1.165, 1.54) is 83.3 Å². The molecule has 1 saturated carbocycles. The SMILES string of the molecule is CCB(CC)N(/C1=C/CCCCCC1)C1CCCCC1. The first kappa shape index (κ1) is 16.0. The van der Waals surface area contributed by atoms with Gasteiger partial charge in [-0.05, 0) is 44.2 Å². The second-order valence-corrected chi connectivity index (χ2v) is 6.82. The van der Waals surface area contributed by atoms with Crippen molar-refractivity contribution in [2.75, 3.05) is 0 Å². The monoisotopic (exact) mass is 275 g/mol. The quantitative estimate of drug-likeness (QED) is 0.565. The van der Waals surface area contributed by atoms with Crippen LogP contribution in [0.2, 0.25) is 12.6 Å². The highest BCUT2D eigenvalue weighted by molar-refractivity contribution is 6.56. The molecule has 0 aromatic carbocycles. The molecule has 0 aliphatic heterocycles. The van der Waals surface area contributed by atoms with Crippen LogP contribution in [0.3, 0.4) is 0 Å². The highest BCUT2D eigenvalue weighted by atomic mass is 15.1. The Balaban J connectivity index is 2.14. The van der Waals surface area contributed by atoms with Gasteiger partial charge in [0.25, 0.3) is 6.85 Å². The van der Waals surface area contributed by atoms with Crippen molar-refractivity contribution in [1.82, 2.24) is 4.81 Å². The van der Waals surface area contributed by atoms with E-state index in [0.29, 0.717) is 0 Å². The van der Waals surface area contributed by atoms with Gasteiger partial charge in [-0.3, -0.25) is 0 Å². The minimum atomic E-state index is 0.781. The molecule has 2 aliphatic rings. The van der Waals surface area contributed by atoms with Gasteiger partial charge in [0.15, 0.2) is 0 Å². The maximum atomic E-state index is 2.89. The van der Waals surface area contributed by atoms with Crippen LogP contribution in [0.15, 0.2) is 11.8 Å². The van der Waals surface area contributed by atoms with E-state index in [-0.39, 0.29) is 0 Å². The largest absolute Gasteiger partial charge is 0.416 e. The molecule has 0 aromatic rings. The molecule has 2 heteroatoms. The van der Waals surface area contributed by atoms with Crippen LogP contribution in [-0.4, -0.2) is 17.7 Å². The molecular weight excluding hydrogens is 241 g/mol. The zero-order chi connectivity index (χ0) is 14.2. The molecule has 2 rings (SSSR count). The van der Waals surface area contributed by atoms with Gasteiger partial charge in [-0.15, -0.1) is 0 Å². The van der Waals surface area contributed by atoms with E-state index >= 15 is 0 Å². The Kier molecular flexibility index (Phi) is 7.03. The van der Waals surface area contributed by atoms with Crippen LogP contribution in [0, 0.1) is 0 Å². The highest BCUT2D eigenvalue weighted by Crippen LogP contribution is 2.31. The topological polar surface area (TPSA) is 3.24 Å². The lowest BCUT2D eigenvalue weighted by molar-refractivity contribution is 0.281. The van der Waals surface area contributed by atoms with Crippen LogP contribution < -0.4 is 0 Å². The van der Waals surface area contributed by atoms with Gasteiger partial charge in [0.05, 0.1) is 0 Å². The summed E-state index contributed by atoms with van der Waals surface area (Å²) in [5.74, 6) is 0. The second-order valence-electron chi connectivity index (χ2n) is 6.82. The summed E-state index contributed by atoms with van der Waals surface area (Å²) in [6.45, 7) is 5.55. The number of allylic oxidation sites excluding steroid dienone is 2. The fourth-order valence-electron chi connectivity index (χ4n) is 4.22. The molecule has 0 heterocycles. The first-order valence-electron chi connectivity index (χ1n) is 9.34. The summed E-state index contributed by atoms with van der Waals surface area (Å²) in [7, 11) is 0. The normalized spacial score (nSPS) is 24.4. The van der Waals surface area contributed by atoms with Crippen LogP contribution in [-0.2, 0) is 0 Å². The van der Waals surface area contributed by atoms with Gasteiger partial charge in [-0.1, -0.05) is 64.7 Å². The molecule has 0 saturated heterocycles. The van der Waals surface area contributed by atoms with Gasteiger partial charge in [-0.25, -0.2) is 0 Å². The predicted molar refractivity (Wildman–Crippen MR) is 91.2 cm³/mol. The van der Waals surface area contributed by atoms with Gasteiger partial charge < -0.3 is 4.81 Å². The van der Waals surface area contributed by atoms with Crippen molar-refractivity contribution >= 4 is 6.85 Å². The third-order valence-corrected chi connectivity index (χ3v) is 5.40. The van der Waals surface area contributed by atoms with Gasteiger partial charge in [0.2, 0.25) is 0 Å². The van der Waals surface area contributed by atoms with Crippen molar-refractivity contribution in [3.63, 3.8) is 0 Å². The predicted octanol–water partition coefficient (Wildman–Crippen LogP) is 5.89. The number of rotatable bonds is 5. The molecule has 1 nitrogen and oxygen atoms in total. The molecule has 20 heavy (non-hydrogen) atoms. The van der Waals surface area contributed by atoms with Crippen molar-refractivity contribution in [2.24, 2.45) is 0 Å². The minimum Gasteiger partial charge on any atom is -0.416 e. The van der Waals surface area contributed by atoms with E-state index in [9.17, 15) is 0 Å². The first-order chi connectivity index (χ1) is 9.86. The minimum absolute atomic E-state index is 0.781. The van der Waals surface area contributed by atoms with Gasteiger partial charge in [-0.2, -0.15) is 0 Å². The zero-order valence-electron chi connectivity index (χ0n) is 13.9. The summed E-state index contributed by atoms with van der Waals surface area (Å²) in [5, 5.41) is 0. The Labute approximate surface area is 127 Å². The molecule has 0 unspecified atom stereocenters. The maximum absolute atomic E-state index is 2.89. The molecular formula is C18H34BN. The van der Waals surface area contributed by atoms with Crippen molar-refractivity contribution < 1.29 is 0 Å². The van der Waals surface area contributed by atoms with E-state index in [4.69, 9.17) is 0 Å². The molecule has 0 atom stereocenters. The molecule has 0 aromatic heterocycles. The summed E-state index contributed by atoms with van der Waals surface area (Å²) in [5.41, 5.74) is 1.71. The van der Waals surface area contributed by atoms with Crippen LogP contribution in [0.25, 0.3) is 0 Å². The summed E-state index contributed by atoms with van der Waals surface area (Å²) >= 11 is 0. The molecule has 0 amide bonds. The first-order valence-corrected chi connectivity index (χ1v) is 9.34. The lowest BCUT2D eigenvalue weighted by atomic mass is 9.53. The molecule has 0 bridgehead atoms. The average molecular weight is 275 g/mol. The van der Waals surface area contributed by atoms with Gasteiger partial charge in [0.1, 0.15) is 0 Å². The van der Waals surface area contributed by atoms with Crippen LogP contribution >= 0.6 is 0 Å². The summed E-state index contributed by atoms with van der Waals surface area (Å²) in [6.07, 6.45) is 20.8. The number of hydrogen-bond acceptors (Lipinski definition) is 1. The van der Waals surface area contributed by atoms with Gasteiger partial charge >= 0.3 is 0 Å². The van der Waals surface area contributed by atoms with E-state index in [1.54, 1.807) is 5.70 Å². The molecule has 1 fully saturated rings.